The zero-order chi connectivity index (χ0) is 23.1. The first kappa shape index (κ1) is 21.3. The number of carbonyl (C=O) groups excluding carboxylic acids is 2. The fourth-order valence-corrected chi connectivity index (χ4v) is 4.73. The van der Waals surface area contributed by atoms with E-state index in [1.54, 1.807) is 18.2 Å². The predicted octanol–water partition coefficient (Wildman–Crippen LogP) is 4.50. The Morgan fingerprint density at radius 1 is 1.12 bits per heavy atom. The van der Waals surface area contributed by atoms with Crippen molar-refractivity contribution >= 4 is 11.9 Å². The highest BCUT2D eigenvalue weighted by atomic mass is 19.1. The summed E-state index contributed by atoms with van der Waals surface area (Å²) in [5.41, 5.74) is 3.56. The van der Waals surface area contributed by atoms with Gasteiger partial charge in [0.05, 0.1) is 12.5 Å². The topological polar surface area (TPSA) is 88.3 Å². The number of carbonyl (C=O) groups is 2. The molecule has 8 heteroatoms. The van der Waals surface area contributed by atoms with E-state index in [4.69, 9.17) is 4.52 Å². The van der Waals surface area contributed by atoms with Gasteiger partial charge in [-0.25, -0.2) is 9.18 Å². The molecule has 170 valence electrons. The zero-order valence-electron chi connectivity index (χ0n) is 18.5. The Labute approximate surface area is 191 Å². The summed E-state index contributed by atoms with van der Waals surface area (Å²) in [4.78, 5) is 31.5. The second-order valence-electron chi connectivity index (χ2n) is 8.94. The molecule has 3 unspecified atom stereocenters. The van der Waals surface area contributed by atoms with Crippen molar-refractivity contribution in [3.8, 4) is 11.4 Å². The molecule has 2 aliphatic rings. The van der Waals surface area contributed by atoms with Crippen LogP contribution in [0, 0.1) is 25.6 Å². The average molecular weight is 448 g/mol. The number of rotatable bonds is 4. The number of fused-ring (bicyclic) bond motifs is 1. The number of halogens is 1. The van der Waals surface area contributed by atoms with Gasteiger partial charge in [0, 0.05) is 23.1 Å². The van der Waals surface area contributed by atoms with E-state index >= 15 is 0 Å². The molecule has 0 spiro atoms. The molecular formula is C25H25FN4O3. The Balaban J connectivity index is 1.29. The molecule has 1 aliphatic heterocycles. The first-order valence-corrected chi connectivity index (χ1v) is 11.2. The number of hydrogen-bond acceptors (Lipinski definition) is 5. The minimum Gasteiger partial charge on any atom is -0.339 e. The largest absolute Gasteiger partial charge is 0.339 e. The van der Waals surface area contributed by atoms with Gasteiger partial charge in [-0.05, 0) is 56.4 Å². The molecule has 1 saturated carbocycles. The number of aryl methyl sites for hydroxylation is 2. The fourth-order valence-electron chi connectivity index (χ4n) is 4.73. The predicted molar refractivity (Wildman–Crippen MR) is 119 cm³/mol. The van der Waals surface area contributed by atoms with Crippen LogP contribution in [0.2, 0.25) is 0 Å². The second-order valence-corrected chi connectivity index (χ2v) is 8.94. The first-order chi connectivity index (χ1) is 15.9. The molecule has 7 nitrogen and oxygen atoms in total. The van der Waals surface area contributed by atoms with Crippen molar-refractivity contribution in [2.45, 2.75) is 51.6 Å². The van der Waals surface area contributed by atoms with Gasteiger partial charge in [-0.2, -0.15) is 4.98 Å². The number of nitrogens with one attached hydrogen (secondary N) is 1. The molecule has 3 amide bonds. The Hall–Kier alpha value is -3.55. The molecule has 2 aromatic carbocycles. The van der Waals surface area contributed by atoms with Gasteiger partial charge in [-0.15, -0.1) is 0 Å². The SMILES string of the molecule is Cc1ccc(-c2noc(C3CCC4C(=O)N(Cc5ccccc5F)C(=O)NC4C3)n2)cc1C. The normalized spacial score (nSPS) is 22.8. The monoisotopic (exact) mass is 448 g/mol. The maximum atomic E-state index is 14.0. The van der Waals surface area contributed by atoms with E-state index in [1.807, 2.05) is 25.1 Å². The van der Waals surface area contributed by atoms with Crippen molar-refractivity contribution in [3.63, 3.8) is 0 Å². The van der Waals surface area contributed by atoms with Crippen LogP contribution in [0.5, 0.6) is 0 Å². The molecule has 1 aliphatic carbocycles. The van der Waals surface area contributed by atoms with E-state index in [9.17, 15) is 14.0 Å². The molecule has 3 atom stereocenters. The van der Waals surface area contributed by atoms with Gasteiger partial charge in [-0.1, -0.05) is 35.5 Å². The Morgan fingerprint density at radius 3 is 2.73 bits per heavy atom. The summed E-state index contributed by atoms with van der Waals surface area (Å²) in [5.74, 6) is -0.00275. The van der Waals surface area contributed by atoms with Crippen molar-refractivity contribution in [1.29, 1.82) is 0 Å². The van der Waals surface area contributed by atoms with Crippen LogP contribution < -0.4 is 5.32 Å². The van der Waals surface area contributed by atoms with Crippen molar-refractivity contribution in [2.24, 2.45) is 5.92 Å². The van der Waals surface area contributed by atoms with E-state index in [0.717, 1.165) is 16.0 Å². The Kier molecular flexibility index (Phi) is 5.44. The van der Waals surface area contributed by atoms with Gasteiger partial charge in [0.2, 0.25) is 17.6 Å². The first-order valence-electron chi connectivity index (χ1n) is 11.2. The lowest BCUT2D eigenvalue weighted by Crippen LogP contribution is -2.61. The summed E-state index contributed by atoms with van der Waals surface area (Å²) in [7, 11) is 0. The molecule has 0 bridgehead atoms. The Bertz CT molecular complexity index is 1220. The van der Waals surface area contributed by atoms with Gasteiger partial charge in [0.1, 0.15) is 5.82 Å². The molecule has 2 heterocycles. The van der Waals surface area contributed by atoms with Gasteiger partial charge in [-0.3, -0.25) is 9.69 Å². The fraction of sp³-hybridized carbons (Fsp3) is 0.360. The lowest BCUT2D eigenvalue weighted by molar-refractivity contribution is -0.137. The lowest BCUT2D eigenvalue weighted by Gasteiger charge is -2.41. The zero-order valence-corrected chi connectivity index (χ0v) is 18.5. The molecule has 5 rings (SSSR count). The highest BCUT2D eigenvalue weighted by molar-refractivity contribution is 5.98. The quantitative estimate of drug-likeness (QED) is 0.635. The summed E-state index contributed by atoms with van der Waals surface area (Å²) in [6, 6.07) is 11.4. The maximum absolute atomic E-state index is 14.0. The number of urea groups is 1. The van der Waals surface area contributed by atoms with Gasteiger partial charge in [0.15, 0.2) is 0 Å². The van der Waals surface area contributed by atoms with E-state index < -0.39 is 11.8 Å². The van der Waals surface area contributed by atoms with Crippen LogP contribution in [0.15, 0.2) is 47.0 Å². The summed E-state index contributed by atoms with van der Waals surface area (Å²) in [5, 5.41) is 7.09. The van der Waals surface area contributed by atoms with Crippen LogP contribution in [0.4, 0.5) is 9.18 Å². The number of amides is 3. The average Bonchev–Trinajstić information content (AvgIpc) is 3.29. The van der Waals surface area contributed by atoms with E-state index in [2.05, 4.69) is 22.4 Å². The van der Waals surface area contributed by atoms with Gasteiger partial charge in [0.25, 0.3) is 0 Å². The summed E-state index contributed by atoms with van der Waals surface area (Å²) < 4.78 is 19.6. The van der Waals surface area contributed by atoms with Crippen LogP contribution >= 0.6 is 0 Å². The maximum Gasteiger partial charge on any atom is 0.324 e. The smallest absolute Gasteiger partial charge is 0.324 e. The van der Waals surface area contributed by atoms with Gasteiger partial charge >= 0.3 is 6.03 Å². The molecule has 1 N–H and O–H groups in total. The number of benzene rings is 2. The molecule has 1 aromatic heterocycles. The standard InChI is InChI=1S/C25H25FN4O3/c1-14-7-8-16(11-15(14)2)22-28-23(33-29-22)17-9-10-19-21(12-17)27-25(32)30(24(19)31)13-18-5-3-4-6-20(18)26/h3-8,11,17,19,21H,9-10,12-13H2,1-2H3,(H,27,32). The highest BCUT2D eigenvalue weighted by Gasteiger charge is 2.45. The number of hydrogen-bond donors (Lipinski definition) is 1. The van der Waals surface area contributed by atoms with Gasteiger partial charge < -0.3 is 9.84 Å². The van der Waals surface area contributed by atoms with Crippen molar-refractivity contribution in [2.75, 3.05) is 0 Å². The molecule has 3 aromatic rings. The summed E-state index contributed by atoms with van der Waals surface area (Å²) in [6.07, 6.45) is 1.83. The minimum absolute atomic E-state index is 0.0368. The van der Waals surface area contributed by atoms with E-state index in [-0.39, 0.29) is 30.3 Å². The van der Waals surface area contributed by atoms with Crippen LogP contribution in [0.1, 0.15) is 47.8 Å². The third-order valence-electron chi connectivity index (χ3n) is 6.83. The van der Waals surface area contributed by atoms with Crippen molar-refractivity contribution in [1.82, 2.24) is 20.4 Å². The Morgan fingerprint density at radius 2 is 1.94 bits per heavy atom. The molecule has 33 heavy (non-hydrogen) atoms. The van der Waals surface area contributed by atoms with E-state index in [0.29, 0.717) is 36.5 Å². The minimum atomic E-state index is -0.494. The molecule has 0 radical (unpaired) electrons. The lowest BCUT2D eigenvalue weighted by atomic mass is 9.76. The second kappa shape index (κ2) is 8.42. The highest BCUT2D eigenvalue weighted by Crippen LogP contribution is 2.38. The van der Waals surface area contributed by atoms with Crippen molar-refractivity contribution < 1.29 is 18.5 Å². The number of imide groups is 1. The molecule has 1 saturated heterocycles. The van der Waals surface area contributed by atoms with Crippen LogP contribution in [0.3, 0.4) is 0 Å². The van der Waals surface area contributed by atoms with Crippen LogP contribution in [-0.2, 0) is 11.3 Å². The third-order valence-corrected chi connectivity index (χ3v) is 6.83. The van der Waals surface area contributed by atoms with Crippen LogP contribution in [0.25, 0.3) is 11.4 Å². The third kappa shape index (κ3) is 4.01. The number of aromatic nitrogens is 2. The van der Waals surface area contributed by atoms with Crippen molar-refractivity contribution in [3.05, 3.63) is 70.9 Å². The summed E-state index contributed by atoms with van der Waals surface area (Å²) in [6.45, 7) is 4.02. The van der Waals surface area contributed by atoms with E-state index in [1.165, 1.54) is 11.6 Å². The van der Waals surface area contributed by atoms with Crippen LogP contribution in [-0.4, -0.2) is 33.0 Å². The summed E-state index contributed by atoms with van der Waals surface area (Å²) >= 11 is 0. The molecular weight excluding hydrogens is 423 g/mol. The number of nitrogens with zero attached hydrogens (tertiary/aromatic N) is 3. The molecule has 2 fully saturated rings.